The first-order chi connectivity index (χ1) is 19.4. The van der Waals surface area contributed by atoms with Gasteiger partial charge in [0.1, 0.15) is 11.6 Å². The first-order valence-corrected chi connectivity index (χ1v) is 13.9. The molecule has 4 aromatic rings. The summed E-state index contributed by atoms with van der Waals surface area (Å²) in [4.78, 5) is 43.0. The summed E-state index contributed by atoms with van der Waals surface area (Å²) in [7, 11) is 0. The highest BCUT2D eigenvalue weighted by Crippen LogP contribution is 2.37. The number of hydrogen-bond donors (Lipinski definition) is 1. The molecule has 2 atom stereocenters. The highest BCUT2D eigenvalue weighted by atomic mass is 35.5. The van der Waals surface area contributed by atoms with Crippen molar-refractivity contribution in [3.8, 4) is 16.9 Å². The summed E-state index contributed by atoms with van der Waals surface area (Å²) in [6.45, 7) is 11.8. The average molecular weight is 579 g/mol. The minimum atomic E-state index is -1.000. The van der Waals surface area contributed by atoms with Crippen molar-refractivity contribution in [3.63, 3.8) is 0 Å². The number of anilines is 1. The van der Waals surface area contributed by atoms with Crippen LogP contribution in [0.4, 0.5) is 15.0 Å². The van der Waals surface area contributed by atoms with Gasteiger partial charge in [0, 0.05) is 36.9 Å². The van der Waals surface area contributed by atoms with Gasteiger partial charge in [0.05, 0.1) is 27.5 Å². The Kier molecular flexibility index (Phi) is 7.46. The maximum absolute atomic E-state index is 15.3. The second-order valence-corrected chi connectivity index (χ2v) is 11.4. The zero-order chi connectivity index (χ0) is 29.7. The number of carbonyl (C=O) groups is 1. The van der Waals surface area contributed by atoms with Crippen molar-refractivity contribution in [2.24, 2.45) is 0 Å². The molecule has 1 fully saturated rings. The lowest BCUT2D eigenvalue weighted by molar-refractivity contribution is 0.114. The van der Waals surface area contributed by atoms with Crippen LogP contribution in [0.3, 0.4) is 0 Å². The van der Waals surface area contributed by atoms with Gasteiger partial charge in [-0.25, -0.2) is 23.5 Å². The van der Waals surface area contributed by atoms with Crippen LogP contribution < -0.4 is 10.6 Å². The number of aryl methyl sites for hydroxylation is 2. The summed E-state index contributed by atoms with van der Waals surface area (Å²) < 4.78 is 16.8. The summed E-state index contributed by atoms with van der Waals surface area (Å²) in [6, 6.07) is 7.86. The van der Waals surface area contributed by atoms with Crippen LogP contribution in [0.15, 0.2) is 41.3 Å². The third kappa shape index (κ3) is 4.90. The second kappa shape index (κ2) is 10.7. The smallest absolute Gasteiger partial charge is 0.407 e. The van der Waals surface area contributed by atoms with E-state index in [9.17, 15) is 14.7 Å². The molecule has 1 aliphatic rings. The molecule has 3 aromatic heterocycles. The van der Waals surface area contributed by atoms with Gasteiger partial charge in [-0.3, -0.25) is 4.98 Å². The lowest BCUT2D eigenvalue weighted by Gasteiger charge is -2.43. The molecule has 0 aliphatic carbocycles. The summed E-state index contributed by atoms with van der Waals surface area (Å²) in [5, 5.41) is 10.3. The first-order valence-electron chi connectivity index (χ1n) is 13.5. The fraction of sp³-hybridized carbons (Fsp3) is 0.367. The molecule has 0 unspecified atom stereocenters. The van der Waals surface area contributed by atoms with Crippen LogP contribution in [0.25, 0.3) is 28.0 Å². The number of nitrogens with zero attached hydrogens (tertiary/aromatic N) is 6. The van der Waals surface area contributed by atoms with E-state index in [1.54, 1.807) is 37.4 Å². The molecule has 0 spiro atoms. The number of carboxylic acid groups (broad SMARTS) is 1. The molecule has 214 valence electrons. The van der Waals surface area contributed by atoms with E-state index < -0.39 is 17.6 Å². The zero-order valence-electron chi connectivity index (χ0n) is 23.8. The number of benzene rings is 1. The van der Waals surface area contributed by atoms with E-state index in [1.165, 1.54) is 9.47 Å². The Hall–Kier alpha value is -4.05. The minimum Gasteiger partial charge on any atom is -0.465 e. The summed E-state index contributed by atoms with van der Waals surface area (Å²) in [6.07, 6.45) is 0.700. The van der Waals surface area contributed by atoms with Crippen molar-refractivity contribution < 1.29 is 14.3 Å². The van der Waals surface area contributed by atoms with Crippen LogP contribution in [0, 0.1) is 19.7 Å². The number of amides is 1. The van der Waals surface area contributed by atoms with Gasteiger partial charge in [-0.05, 0) is 62.9 Å². The van der Waals surface area contributed by atoms with Gasteiger partial charge in [-0.15, -0.1) is 0 Å². The molecule has 4 heterocycles. The monoisotopic (exact) mass is 578 g/mol. The molecule has 0 radical (unpaired) electrons. The Morgan fingerprint density at radius 3 is 2.51 bits per heavy atom. The molecule has 41 heavy (non-hydrogen) atoms. The fourth-order valence-electron chi connectivity index (χ4n) is 5.52. The van der Waals surface area contributed by atoms with E-state index in [-0.39, 0.29) is 46.5 Å². The quantitative estimate of drug-likeness (QED) is 0.319. The largest absolute Gasteiger partial charge is 0.465 e. The zero-order valence-corrected chi connectivity index (χ0v) is 24.6. The van der Waals surface area contributed by atoms with Crippen LogP contribution in [0.1, 0.15) is 50.4 Å². The lowest BCUT2D eigenvalue weighted by Crippen LogP contribution is -2.58. The molecule has 1 aliphatic heterocycles. The predicted octanol–water partition coefficient (Wildman–Crippen LogP) is 5.95. The van der Waals surface area contributed by atoms with E-state index in [0.717, 1.165) is 5.56 Å². The van der Waals surface area contributed by atoms with Gasteiger partial charge in [0.15, 0.2) is 5.65 Å². The van der Waals surface area contributed by atoms with Gasteiger partial charge in [0.2, 0.25) is 0 Å². The molecule has 1 amide bonds. The maximum Gasteiger partial charge on any atom is 0.407 e. The van der Waals surface area contributed by atoms with Gasteiger partial charge in [-0.1, -0.05) is 37.6 Å². The average Bonchev–Trinajstić information content (AvgIpc) is 2.91. The molecule has 1 N–H and O–H groups in total. The lowest BCUT2D eigenvalue weighted by atomic mass is 10.0. The Bertz CT molecular complexity index is 1740. The molecular formula is C30H32ClFN6O3. The number of rotatable bonds is 4. The Morgan fingerprint density at radius 1 is 1.10 bits per heavy atom. The molecule has 11 heteroatoms. The third-order valence-corrected chi connectivity index (χ3v) is 7.96. The van der Waals surface area contributed by atoms with Crippen LogP contribution >= 0.6 is 11.6 Å². The number of hydrogen-bond acceptors (Lipinski definition) is 6. The molecule has 0 saturated carbocycles. The standard InChI is InChI=1S/C30H32ClFN6O3/c1-15(2)24-26(17(4)10-11-33-24)38-28-21(12-22(31)25(34-28)20-9-7-8-16(3)23(20)32)27(35-29(38)39)36-13-19(6)37(30(40)41)14-18(36)5/h7-12,15,18-19H,13-14H2,1-6H3,(H,40,41)/t18-,19+/m0/s1. The van der Waals surface area contributed by atoms with Gasteiger partial charge >= 0.3 is 11.8 Å². The van der Waals surface area contributed by atoms with E-state index in [2.05, 4.69) is 9.97 Å². The first kappa shape index (κ1) is 28.5. The van der Waals surface area contributed by atoms with Gasteiger partial charge in [-0.2, -0.15) is 4.98 Å². The van der Waals surface area contributed by atoms with Crippen molar-refractivity contribution in [1.29, 1.82) is 0 Å². The molecular weight excluding hydrogens is 547 g/mol. The van der Waals surface area contributed by atoms with Crippen molar-refractivity contribution in [2.45, 2.75) is 59.5 Å². The Balaban J connectivity index is 1.86. The van der Waals surface area contributed by atoms with E-state index in [0.29, 0.717) is 34.7 Å². The SMILES string of the molecule is Cc1cccc(-c2nc3c(cc2Cl)c(N2C[C@@H](C)N(C(=O)O)C[C@@H]2C)nc(=O)n3-c2c(C)ccnc2C(C)C)c1F. The minimum absolute atomic E-state index is 0.0162. The number of halogens is 2. The van der Waals surface area contributed by atoms with Crippen LogP contribution in [-0.4, -0.2) is 60.8 Å². The predicted molar refractivity (Wildman–Crippen MR) is 158 cm³/mol. The number of fused-ring (bicyclic) bond motifs is 1. The van der Waals surface area contributed by atoms with Crippen molar-refractivity contribution >= 4 is 34.5 Å². The second-order valence-electron chi connectivity index (χ2n) is 11.0. The normalized spacial score (nSPS) is 17.5. The topological polar surface area (TPSA) is 104 Å². The van der Waals surface area contributed by atoms with Gasteiger partial charge in [0.25, 0.3) is 0 Å². The van der Waals surface area contributed by atoms with Crippen LogP contribution in [0.2, 0.25) is 5.02 Å². The maximum atomic E-state index is 15.3. The van der Waals surface area contributed by atoms with E-state index in [1.807, 2.05) is 45.6 Å². The Morgan fingerprint density at radius 2 is 1.83 bits per heavy atom. The van der Waals surface area contributed by atoms with Crippen molar-refractivity contribution in [1.82, 2.24) is 24.4 Å². The number of aromatic nitrogens is 4. The highest BCUT2D eigenvalue weighted by molar-refractivity contribution is 6.33. The summed E-state index contributed by atoms with van der Waals surface area (Å²) in [5.41, 5.74) is 2.62. The van der Waals surface area contributed by atoms with Crippen molar-refractivity contribution in [3.05, 3.63) is 74.7 Å². The Labute approximate surface area is 242 Å². The van der Waals surface area contributed by atoms with E-state index >= 15 is 4.39 Å². The molecule has 1 aromatic carbocycles. The number of pyridine rings is 2. The third-order valence-electron chi connectivity index (χ3n) is 7.68. The molecule has 0 bridgehead atoms. The summed E-state index contributed by atoms with van der Waals surface area (Å²) in [5.74, 6) is -0.112. The van der Waals surface area contributed by atoms with Gasteiger partial charge < -0.3 is 14.9 Å². The molecule has 1 saturated heterocycles. The fourth-order valence-corrected chi connectivity index (χ4v) is 5.77. The molecule has 9 nitrogen and oxygen atoms in total. The van der Waals surface area contributed by atoms with Crippen molar-refractivity contribution in [2.75, 3.05) is 18.0 Å². The number of piperazine rings is 1. The highest BCUT2D eigenvalue weighted by Gasteiger charge is 2.34. The van der Waals surface area contributed by atoms with E-state index in [4.69, 9.17) is 16.6 Å². The molecule has 5 rings (SSSR count). The van der Waals surface area contributed by atoms with Crippen LogP contribution in [0.5, 0.6) is 0 Å². The summed E-state index contributed by atoms with van der Waals surface area (Å²) >= 11 is 6.79. The van der Waals surface area contributed by atoms with Crippen LogP contribution in [-0.2, 0) is 0 Å².